The van der Waals surface area contributed by atoms with Gasteiger partial charge in [-0.15, -0.1) is 0 Å². The minimum atomic E-state index is -0.0654. The first kappa shape index (κ1) is 15.1. The van der Waals surface area contributed by atoms with E-state index < -0.39 is 0 Å². The zero-order valence-electron chi connectivity index (χ0n) is 12.7. The summed E-state index contributed by atoms with van der Waals surface area (Å²) in [5.74, 6) is -0.0654. The van der Waals surface area contributed by atoms with Gasteiger partial charge in [-0.05, 0) is 40.6 Å². The number of thioether (sulfide) groups is 1. The van der Waals surface area contributed by atoms with Gasteiger partial charge in [-0.2, -0.15) is 0 Å². The monoisotopic (exact) mass is 347 g/mol. The number of anilines is 1. The van der Waals surface area contributed by atoms with Crippen LogP contribution in [0.3, 0.4) is 0 Å². The van der Waals surface area contributed by atoms with E-state index in [-0.39, 0.29) is 5.91 Å². The molecule has 116 valence electrons. The van der Waals surface area contributed by atoms with Gasteiger partial charge in [-0.25, -0.2) is 0 Å². The lowest BCUT2D eigenvalue weighted by atomic mass is 10.1. The lowest BCUT2D eigenvalue weighted by molar-refractivity contribution is -0.113. The Morgan fingerprint density at radius 1 is 0.875 bits per heavy atom. The maximum absolute atomic E-state index is 12.7. The molecule has 0 N–H and O–H groups in total. The second-order valence-electron chi connectivity index (χ2n) is 5.46. The highest BCUT2D eigenvalue weighted by Gasteiger charge is 2.33. The SMILES string of the molecule is O=C1C(=Cc2ccc3ccccc3c2)SC(=S)N1c1ccccc1. The minimum absolute atomic E-state index is 0.0654. The van der Waals surface area contributed by atoms with Crippen LogP contribution in [0.2, 0.25) is 0 Å². The fraction of sp³-hybridized carbons (Fsp3) is 0. The second kappa shape index (κ2) is 6.23. The molecule has 0 bridgehead atoms. The van der Waals surface area contributed by atoms with Crippen LogP contribution < -0.4 is 4.90 Å². The topological polar surface area (TPSA) is 20.3 Å². The van der Waals surface area contributed by atoms with Crippen LogP contribution in [0.4, 0.5) is 5.69 Å². The molecule has 0 aromatic heterocycles. The quantitative estimate of drug-likeness (QED) is 0.467. The molecule has 0 saturated carbocycles. The van der Waals surface area contributed by atoms with Gasteiger partial charge in [-0.3, -0.25) is 9.69 Å². The molecule has 0 aliphatic carbocycles. The van der Waals surface area contributed by atoms with Crippen molar-refractivity contribution in [2.24, 2.45) is 0 Å². The van der Waals surface area contributed by atoms with Crippen LogP contribution in [0, 0.1) is 0 Å². The standard InChI is InChI=1S/C20H13NOS2/c22-19-18(24-20(23)21(19)17-8-2-1-3-9-17)13-14-10-11-15-6-4-5-7-16(15)12-14/h1-13H. The first-order chi connectivity index (χ1) is 11.7. The lowest BCUT2D eigenvalue weighted by Gasteiger charge is -2.13. The van der Waals surface area contributed by atoms with E-state index in [1.807, 2.05) is 54.6 Å². The van der Waals surface area contributed by atoms with Gasteiger partial charge in [0, 0.05) is 0 Å². The number of carbonyl (C=O) groups is 1. The Balaban J connectivity index is 1.70. The summed E-state index contributed by atoms with van der Waals surface area (Å²) in [5.41, 5.74) is 1.81. The summed E-state index contributed by atoms with van der Waals surface area (Å²) in [6.45, 7) is 0. The maximum Gasteiger partial charge on any atom is 0.270 e. The van der Waals surface area contributed by atoms with Crippen molar-refractivity contribution in [3.8, 4) is 0 Å². The Bertz CT molecular complexity index is 979. The zero-order chi connectivity index (χ0) is 16.5. The van der Waals surface area contributed by atoms with Crippen molar-refractivity contribution in [2.75, 3.05) is 4.90 Å². The molecule has 2 nitrogen and oxygen atoms in total. The molecule has 4 rings (SSSR count). The number of rotatable bonds is 2. The van der Waals surface area contributed by atoms with E-state index in [4.69, 9.17) is 12.2 Å². The van der Waals surface area contributed by atoms with Gasteiger partial charge >= 0.3 is 0 Å². The minimum Gasteiger partial charge on any atom is -0.268 e. The molecule has 4 heteroatoms. The molecule has 0 atom stereocenters. The van der Waals surface area contributed by atoms with E-state index in [1.165, 1.54) is 17.1 Å². The van der Waals surface area contributed by atoms with Crippen molar-refractivity contribution in [3.05, 3.63) is 83.3 Å². The third kappa shape index (κ3) is 2.75. The fourth-order valence-corrected chi connectivity index (χ4v) is 4.02. The van der Waals surface area contributed by atoms with Crippen LogP contribution in [-0.4, -0.2) is 10.2 Å². The molecular weight excluding hydrogens is 334 g/mol. The number of thiocarbonyl (C=S) groups is 1. The Morgan fingerprint density at radius 2 is 1.58 bits per heavy atom. The summed E-state index contributed by atoms with van der Waals surface area (Å²) in [5, 5.41) is 2.34. The molecule has 0 spiro atoms. The third-order valence-corrected chi connectivity index (χ3v) is 5.18. The fourth-order valence-electron chi connectivity index (χ4n) is 2.72. The molecule has 1 amide bonds. The van der Waals surface area contributed by atoms with E-state index in [1.54, 1.807) is 4.90 Å². The molecule has 24 heavy (non-hydrogen) atoms. The maximum atomic E-state index is 12.7. The van der Waals surface area contributed by atoms with Crippen LogP contribution in [0.1, 0.15) is 5.56 Å². The normalized spacial score (nSPS) is 16.3. The van der Waals surface area contributed by atoms with Crippen LogP contribution in [0.25, 0.3) is 16.8 Å². The number of nitrogens with zero attached hydrogens (tertiary/aromatic N) is 1. The first-order valence-corrected chi connectivity index (χ1v) is 8.77. The van der Waals surface area contributed by atoms with Crippen molar-refractivity contribution in [1.29, 1.82) is 0 Å². The molecule has 3 aromatic rings. The van der Waals surface area contributed by atoms with Crippen molar-refractivity contribution in [3.63, 3.8) is 0 Å². The number of benzene rings is 3. The number of amides is 1. The number of carbonyl (C=O) groups excluding carboxylic acids is 1. The number of fused-ring (bicyclic) bond motifs is 1. The summed E-state index contributed by atoms with van der Waals surface area (Å²) in [4.78, 5) is 15.0. The highest BCUT2D eigenvalue weighted by Crippen LogP contribution is 2.36. The largest absolute Gasteiger partial charge is 0.270 e. The van der Waals surface area contributed by atoms with Crippen LogP contribution in [-0.2, 0) is 4.79 Å². The van der Waals surface area contributed by atoms with Crippen LogP contribution in [0.15, 0.2) is 77.7 Å². The Labute approximate surface area is 149 Å². The average Bonchev–Trinajstić information content (AvgIpc) is 2.89. The van der Waals surface area contributed by atoms with Gasteiger partial charge in [-0.1, -0.05) is 78.6 Å². The summed E-state index contributed by atoms with van der Waals surface area (Å²) < 4.78 is 0.568. The molecule has 0 radical (unpaired) electrons. The molecule has 1 saturated heterocycles. The van der Waals surface area contributed by atoms with Gasteiger partial charge in [0.25, 0.3) is 5.91 Å². The van der Waals surface area contributed by atoms with Gasteiger partial charge < -0.3 is 0 Å². The molecule has 3 aromatic carbocycles. The van der Waals surface area contributed by atoms with Gasteiger partial charge in [0.05, 0.1) is 10.6 Å². The van der Waals surface area contributed by atoms with E-state index in [2.05, 4.69) is 24.3 Å². The van der Waals surface area contributed by atoms with Crippen molar-refractivity contribution in [2.45, 2.75) is 0 Å². The first-order valence-electron chi connectivity index (χ1n) is 7.54. The molecular formula is C20H13NOS2. The predicted molar refractivity (Wildman–Crippen MR) is 106 cm³/mol. The molecule has 1 fully saturated rings. The lowest BCUT2D eigenvalue weighted by Crippen LogP contribution is -2.27. The highest BCUT2D eigenvalue weighted by atomic mass is 32.2. The molecule has 1 aliphatic heterocycles. The predicted octanol–water partition coefficient (Wildman–Crippen LogP) is 5.25. The summed E-state index contributed by atoms with van der Waals surface area (Å²) in [7, 11) is 0. The van der Waals surface area contributed by atoms with Crippen molar-refractivity contribution in [1.82, 2.24) is 0 Å². The van der Waals surface area contributed by atoms with Crippen LogP contribution in [0.5, 0.6) is 0 Å². The summed E-state index contributed by atoms with van der Waals surface area (Å²) in [6, 6.07) is 23.9. The van der Waals surface area contributed by atoms with Gasteiger partial charge in [0.1, 0.15) is 0 Å². The molecule has 1 aliphatic rings. The van der Waals surface area contributed by atoms with Gasteiger partial charge in [0.15, 0.2) is 4.32 Å². The number of hydrogen-bond donors (Lipinski definition) is 0. The Kier molecular flexibility index (Phi) is 3.92. The zero-order valence-corrected chi connectivity index (χ0v) is 14.3. The van der Waals surface area contributed by atoms with E-state index in [9.17, 15) is 4.79 Å². The third-order valence-electron chi connectivity index (χ3n) is 3.88. The molecule has 0 unspecified atom stereocenters. The van der Waals surface area contributed by atoms with Crippen molar-refractivity contribution >= 4 is 56.7 Å². The Morgan fingerprint density at radius 3 is 2.38 bits per heavy atom. The summed E-state index contributed by atoms with van der Waals surface area (Å²) in [6.07, 6.45) is 1.91. The number of para-hydroxylation sites is 1. The Hall–Kier alpha value is -2.43. The highest BCUT2D eigenvalue weighted by molar-refractivity contribution is 8.27. The number of hydrogen-bond acceptors (Lipinski definition) is 3. The second-order valence-corrected chi connectivity index (χ2v) is 7.14. The summed E-state index contributed by atoms with van der Waals surface area (Å²) >= 11 is 6.74. The van der Waals surface area contributed by atoms with Gasteiger partial charge in [0.2, 0.25) is 0 Å². The van der Waals surface area contributed by atoms with Crippen molar-refractivity contribution < 1.29 is 4.79 Å². The molecule has 1 heterocycles. The van der Waals surface area contributed by atoms with E-state index in [0.717, 1.165) is 16.6 Å². The smallest absolute Gasteiger partial charge is 0.268 e. The van der Waals surface area contributed by atoms with E-state index >= 15 is 0 Å². The average molecular weight is 347 g/mol. The van der Waals surface area contributed by atoms with Crippen LogP contribution >= 0.6 is 24.0 Å². The van der Waals surface area contributed by atoms with E-state index in [0.29, 0.717) is 9.23 Å².